The summed E-state index contributed by atoms with van der Waals surface area (Å²) in [6, 6.07) is 3.88. The van der Waals surface area contributed by atoms with Crippen molar-refractivity contribution in [2.45, 2.75) is 20.8 Å². The highest BCUT2D eigenvalue weighted by molar-refractivity contribution is 5.49. The predicted octanol–water partition coefficient (Wildman–Crippen LogP) is 4.02. The van der Waals surface area contributed by atoms with Crippen molar-refractivity contribution < 1.29 is 8.78 Å². The summed E-state index contributed by atoms with van der Waals surface area (Å²) >= 11 is 0. The minimum atomic E-state index is -0.807. The lowest BCUT2D eigenvalue weighted by Crippen LogP contribution is -1.98. The van der Waals surface area contributed by atoms with Gasteiger partial charge in [0.1, 0.15) is 0 Å². The Morgan fingerprint density at radius 3 is 2.21 bits per heavy atom. The van der Waals surface area contributed by atoms with Crippen LogP contribution in [0.4, 0.5) is 8.78 Å². The lowest BCUT2D eigenvalue weighted by Gasteiger charge is -2.10. The molecule has 1 rings (SSSR count). The van der Waals surface area contributed by atoms with Crippen LogP contribution in [0.2, 0.25) is 0 Å². The second-order valence-electron chi connectivity index (χ2n) is 4.37. The van der Waals surface area contributed by atoms with Crippen molar-refractivity contribution in [3.8, 4) is 0 Å². The molecule has 0 spiro atoms. The molecular formula is C12H14F2. The second kappa shape index (κ2) is 3.91. The molecule has 0 aliphatic heterocycles. The van der Waals surface area contributed by atoms with E-state index < -0.39 is 11.6 Å². The predicted molar refractivity (Wildman–Crippen MR) is 54.8 cm³/mol. The van der Waals surface area contributed by atoms with E-state index in [2.05, 4.69) is 0 Å². The van der Waals surface area contributed by atoms with Gasteiger partial charge in [-0.15, -0.1) is 0 Å². The molecule has 0 nitrogen and oxygen atoms in total. The van der Waals surface area contributed by atoms with Crippen molar-refractivity contribution in [1.29, 1.82) is 0 Å². The third kappa shape index (κ3) is 3.29. The molecule has 2 heteroatoms. The van der Waals surface area contributed by atoms with Gasteiger partial charge in [0, 0.05) is 0 Å². The molecule has 0 saturated carbocycles. The fourth-order valence-corrected chi connectivity index (χ4v) is 0.962. The Morgan fingerprint density at radius 2 is 1.71 bits per heavy atom. The van der Waals surface area contributed by atoms with Gasteiger partial charge in [0.25, 0.3) is 0 Å². The molecule has 0 saturated heterocycles. The Bertz CT molecular complexity index is 346. The molecule has 0 aromatic heterocycles. The average Bonchev–Trinajstić information content (AvgIpc) is 2.06. The average molecular weight is 196 g/mol. The van der Waals surface area contributed by atoms with Crippen LogP contribution in [-0.2, 0) is 0 Å². The molecule has 0 aliphatic carbocycles. The van der Waals surface area contributed by atoms with Crippen LogP contribution in [0.5, 0.6) is 0 Å². The van der Waals surface area contributed by atoms with E-state index in [0.29, 0.717) is 5.56 Å². The largest absolute Gasteiger partial charge is 0.204 e. The van der Waals surface area contributed by atoms with E-state index in [-0.39, 0.29) is 5.41 Å². The van der Waals surface area contributed by atoms with Crippen molar-refractivity contribution in [1.82, 2.24) is 0 Å². The van der Waals surface area contributed by atoms with E-state index in [4.69, 9.17) is 0 Å². The lowest BCUT2D eigenvalue weighted by molar-refractivity contribution is 0.508. The summed E-state index contributed by atoms with van der Waals surface area (Å²) in [5.41, 5.74) is 0.726. The molecule has 0 bridgehead atoms. The van der Waals surface area contributed by atoms with Crippen molar-refractivity contribution in [3.63, 3.8) is 0 Å². The third-order valence-electron chi connectivity index (χ3n) is 1.72. The van der Waals surface area contributed by atoms with Crippen LogP contribution in [0.25, 0.3) is 6.08 Å². The lowest BCUT2D eigenvalue weighted by atomic mass is 9.95. The van der Waals surface area contributed by atoms with Crippen LogP contribution in [-0.4, -0.2) is 0 Å². The van der Waals surface area contributed by atoms with Gasteiger partial charge in [0.05, 0.1) is 0 Å². The molecule has 0 atom stereocenters. The van der Waals surface area contributed by atoms with Crippen LogP contribution >= 0.6 is 0 Å². The van der Waals surface area contributed by atoms with Gasteiger partial charge in [-0.1, -0.05) is 39.0 Å². The number of hydrogen-bond donors (Lipinski definition) is 0. The minimum Gasteiger partial charge on any atom is -0.204 e. The van der Waals surface area contributed by atoms with E-state index in [1.165, 1.54) is 6.07 Å². The second-order valence-corrected chi connectivity index (χ2v) is 4.37. The third-order valence-corrected chi connectivity index (χ3v) is 1.72. The van der Waals surface area contributed by atoms with Crippen LogP contribution in [0.1, 0.15) is 26.3 Å². The summed E-state index contributed by atoms with van der Waals surface area (Å²) < 4.78 is 25.4. The summed E-state index contributed by atoms with van der Waals surface area (Å²) in [7, 11) is 0. The minimum absolute atomic E-state index is 0.0465. The van der Waals surface area contributed by atoms with Gasteiger partial charge in [0.2, 0.25) is 0 Å². The fraction of sp³-hybridized carbons (Fsp3) is 0.333. The number of allylic oxidation sites excluding steroid dienone is 1. The van der Waals surface area contributed by atoms with Gasteiger partial charge < -0.3 is 0 Å². The van der Waals surface area contributed by atoms with Crippen molar-refractivity contribution in [2.24, 2.45) is 5.41 Å². The number of rotatable bonds is 1. The molecule has 0 aliphatic rings. The Hall–Kier alpha value is -1.18. The van der Waals surface area contributed by atoms with Crippen LogP contribution in [0.3, 0.4) is 0 Å². The first-order valence-electron chi connectivity index (χ1n) is 4.53. The smallest absolute Gasteiger partial charge is 0.159 e. The molecule has 76 valence electrons. The van der Waals surface area contributed by atoms with Gasteiger partial charge in [-0.2, -0.15) is 0 Å². The number of benzene rings is 1. The van der Waals surface area contributed by atoms with E-state index in [9.17, 15) is 8.78 Å². The summed E-state index contributed by atoms with van der Waals surface area (Å²) in [5, 5.41) is 0. The van der Waals surface area contributed by atoms with Crippen molar-refractivity contribution in [2.75, 3.05) is 0 Å². The number of hydrogen-bond acceptors (Lipinski definition) is 0. The molecule has 0 radical (unpaired) electrons. The zero-order chi connectivity index (χ0) is 10.8. The monoisotopic (exact) mass is 196 g/mol. The molecule has 0 unspecified atom stereocenters. The molecule has 1 aromatic rings. The maximum Gasteiger partial charge on any atom is 0.159 e. The van der Waals surface area contributed by atoms with Crippen LogP contribution < -0.4 is 0 Å². The van der Waals surface area contributed by atoms with E-state index in [1.807, 2.05) is 26.8 Å². The zero-order valence-corrected chi connectivity index (χ0v) is 8.64. The maximum absolute atomic E-state index is 12.8. The van der Waals surface area contributed by atoms with Gasteiger partial charge in [-0.25, -0.2) is 8.78 Å². The summed E-state index contributed by atoms with van der Waals surface area (Å²) in [6.07, 6.45) is 3.75. The zero-order valence-electron chi connectivity index (χ0n) is 8.64. The summed E-state index contributed by atoms with van der Waals surface area (Å²) in [4.78, 5) is 0. The van der Waals surface area contributed by atoms with E-state index in [0.717, 1.165) is 6.07 Å². The van der Waals surface area contributed by atoms with Gasteiger partial charge >= 0.3 is 0 Å². The number of halogens is 2. The molecule has 1 aromatic carbocycles. The Kier molecular flexibility index (Phi) is 3.04. The van der Waals surface area contributed by atoms with E-state index in [1.54, 1.807) is 12.1 Å². The molecule has 14 heavy (non-hydrogen) atoms. The fourth-order valence-electron chi connectivity index (χ4n) is 0.962. The first-order chi connectivity index (χ1) is 6.38. The van der Waals surface area contributed by atoms with Gasteiger partial charge in [0.15, 0.2) is 11.6 Å². The molecule has 0 fully saturated rings. The van der Waals surface area contributed by atoms with Crippen molar-refractivity contribution >= 4 is 6.08 Å². The topological polar surface area (TPSA) is 0 Å². The molecule has 0 N–H and O–H groups in total. The molecular weight excluding hydrogens is 182 g/mol. The molecule has 0 heterocycles. The van der Waals surface area contributed by atoms with Crippen molar-refractivity contribution in [3.05, 3.63) is 41.5 Å². The highest BCUT2D eigenvalue weighted by Gasteiger charge is 2.04. The first-order valence-corrected chi connectivity index (χ1v) is 4.53. The Morgan fingerprint density at radius 1 is 1.07 bits per heavy atom. The van der Waals surface area contributed by atoms with E-state index >= 15 is 0 Å². The summed E-state index contributed by atoms with van der Waals surface area (Å²) in [6.45, 7) is 6.14. The Balaban J connectivity index is 2.89. The standard InChI is InChI=1S/C12H14F2/c1-12(2,3)7-6-9-4-5-10(13)11(14)8-9/h4-8H,1-3H3/b7-6+. The first kappa shape index (κ1) is 10.9. The normalized spacial score (nSPS) is 12.4. The maximum atomic E-state index is 12.8. The molecule has 0 amide bonds. The highest BCUT2D eigenvalue weighted by atomic mass is 19.2. The highest BCUT2D eigenvalue weighted by Crippen LogP contribution is 2.18. The SMILES string of the molecule is CC(C)(C)/C=C/c1ccc(F)c(F)c1. The van der Waals surface area contributed by atoms with Gasteiger partial charge in [-0.3, -0.25) is 0 Å². The summed E-state index contributed by atoms with van der Waals surface area (Å²) in [5.74, 6) is -1.61. The van der Waals surface area contributed by atoms with Crippen LogP contribution in [0, 0.1) is 17.0 Å². The Labute approximate surface area is 83.3 Å². The van der Waals surface area contributed by atoms with Gasteiger partial charge in [-0.05, 0) is 23.1 Å². The van der Waals surface area contributed by atoms with Crippen LogP contribution in [0.15, 0.2) is 24.3 Å². The quantitative estimate of drug-likeness (QED) is 0.636.